The Balaban J connectivity index is 2.49. The van der Waals surface area contributed by atoms with Gasteiger partial charge in [-0.25, -0.2) is 0 Å². The van der Waals surface area contributed by atoms with Gasteiger partial charge in [0.05, 0.1) is 0 Å². The Kier molecular flexibility index (Phi) is 9.17. The summed E-state index contributed by atoms with van der Waals surface area (Å²) in [4.78, 5) is 4.09. The van der Waals surface area contributed by atoms with Crippen molar-refractivity contribution < 1.29 is 9.63 Å². The van der Waals surface area contributed by atoms with E-state index in [1.807, 2.05) is 0 Å². The molecular formula is C18H34N2O2. The molecule has 128 valence electrons. The first kappa shape index (κ1) is 19.0. The standard InChI is InChI=1S/C18H34N2O2/c1-4-6-8-10-12-14-18(3,15-13-11-9-7-5-2)16-19-17(21)22-20-16/h4-15H2,1-3H3,(H,19,20,21). The van der Waals surface area contributed by atoms with Crippen molar-refractivity contribution >= 4 is 0 Å². The van der Waals surface area contributed by atoms with Crippen molar-refractivity contribution in [1.82, 2.24) is 10.1 Å². The Hall–Kier alpha value is -1.06. The van der Waals surface area contributed by atoms with Crippen LogP contribution in [0.15, 0.2) is 4.52 Å². The normalized spacial score (nSPS) is 12.0. The van der Waals surface area contributed by atoms with Gasteiger partial charge in [-0.05, 0) is 12.8 Å². The van der Waals surface area contributed by atoms with E-state index in [9.17, 15) is 5.11 Å². The van der Waals surface area contributed by atoms with E-state index < -0.39 is 0 Å². The van der Waals surface area contributed by atoms with Gasteiger partial charge in [-0.15, -0.1) is 0 Å². The smallest absolute Gasteiger partial charge is 0.414 e. The molecule has 0 radical (unpaired) electrons. The molecule has 4 nitrogen and oxygen atoms in total. The molecule has 0 fully saturated rings. The Bertz CT molecular complexity index is 376. The molecule has 0 aliphatic rings. The lowest BCUT2D eigenvalue weighted by Crippen LogP contribution is -2.23. The zero-order chi connectivity index (χ0) is 16.3. The van der Waals surface area contributed by atoms with Crippen molar-refractivity contribution in [2.45, 2.75) is 103 Å². The van der Waals surface area contributed by atoms with E-state index >= 15 is 0 Å². The predicted octanol–water partition coefficient (Wildman–Crippen LogP) is 5.75. The summed E-state index contributed by atoms with van der Waals surface area (Å²) in [7, 11) is 0. The van der Waals surface area contributed by atoms with E-state index in [1.165, 1.54) is 64.2 Å². The molecular weight excluding hydrogens is 276 g/mol. The highest BCUT2D eigenvalue weighted by molar-refractivity contribution is 5.05. The van der Waals surface area contributed by atoms with E-state index in [-0.39, 0.29) is 11.5 Å². The number of hydrogen-bond acceptors (Lipinski definition) is 4. The van der Waals surface area contributed by atoms with E-state index in [2.05, 4.69) is 30.9 Å². The van der Waals surface area contributed by atoms with Crippen LogP contribution in [0.25, 0.3) is 0 Å². The van der Waals surface area contributed by atoms with Crippen LogP contribution in [0.2, 0.25) is 0 Å². The van der Waals surface area contributed by atoms with Crippen LogP contribution in [-0.2, 0) is 5.41 Å². The van der Waals surface area contributed by atoms with Crippen LogP contribution in [0.3, 0.4) is 0 Å². The average molecular weight is 310 g/mol. The summed E-state index contributed by atoms with van der Waals surface area (Å²) < 4.78 is 4.79. The van der Waals surface area contributed by atoms with Gasteiger partial charge in [-0.3, -0.25) is 4.52 Å². The monoisotopic (exact) mass is 310 g/mol. The molecule has 0 amide bonds. The third-order valence-electron chi connectivity index (χ3n) is 4.62. The van der Waals surface area contributed by atoms with E-state index in [0.29, 0.717) is 5.82 Å². The Labute approximate surface area is 135 Å². The molecule has 0 saturated carbocycles. The minimum Gasteiger partial charge on any atom is -0.464 e. The maximum Gasteiger partial charge on any atom is 0.414 e. The Morgan fingerprint density at radius 3 is 1.77 bits per heavy atom. The van der Waals surface area contributed by atoms with Crippen LogP contribution in [0, 0.1) is 0 Å². The van der Waals surface area contributed by atoms with Gasteiger partial charge < -0.3 is 5.11 Å². The predicted molar refractivity (Wildman–Crippen MR) is 90.1 cm³/mol. The lowest BCUT2D eigenvalue weighted by molar-refractivity contribution is 0.261. The van der Waals surface area contributed by atoms with Crippen LogP contribution < -0.4 is 0 Å². The first-order chi connectivity index (χ1) is 10.6. The molecule has 1 aromatic rings. The minimum atomic E-state index is -0.307. The highest BCUT2D eigenvalue weighted by Gasteiger charge is 2.31. The second-order valence-corrected chi connectivity index (χ2v) is 6.79. The lowest BCUT2D eigenvalue weighted by Gasteiger charge is -2.26. The number of hydrogen-bond donors (Lipinski definition) is 1. The zero-order valence-corrected chi connectivity index (χ0v) is 14.7. The molecule has 0 aliphatic heterocycles. The minimum absolute atomic E-state index is 0.0666. The van der Waals surface area contributed by atoms with Gasteiger partial charge in [-0.1, -0.05) is 90.1 Å². The molecule has 1 heterocycles. The van der Waals surface area contributed by atoms with Gasteiger partial charge in [-0.2, -0.15) is 4.98 Å². The van der Waals surface area contributed by atoms with Gasteiger partial charge in [0.15, 0.2) is 5.82 Å². The summed E-state index contributed by atoms with van der Waals surface area (Å²) in [6.07, 6.45) is 14.5. The molecule has 0 atom stereocenters. The molecule has 22 heavy (non-hydrogen) atoms. The summed E-state index contributed by atoms with van der Waals surface area (Å²) in [6.45, 7) is 6.70. The number of rotatable bonds is 13. The van der Waals surface area contributed by atoms with Crippen LogP contribution in [-0.4, -0.2) is 15.2 Å². The van der Waals surface area contributed by atoms with E-state index in [0.717, 1.165) is 12.8 Å². The fraction of sp³-hybridized carbons (Fsp3) is 0.889. The lowest BCUT2D eigenvalue weighted by atomic mass is 9.79. The van der Waals surface area contributed by atoms with Gasteiger partial charge in [0.1, 0.15) is 0 Å². The SMILES string of the molecule is CCCCCCCC(C)(CCCCCCC)c1noc(O)n1. The molecule has 1 N–H and O–H groups in total. The number of aromatic hydroxyl groups is 1. The van der Waals surface area contributed by atoms with Gasteiger partial charge >= 0.3 is 6.08 Å². The quantitative estimate of drug-likeness (QED) is 0.471. The maximum atomic E-state index is 9.36. The first-order valence-electron chi connectivity index (χ1n) is 9.15. The Morgan fingerprint density at radius 1 is 0.864 bits per heavy atom. The van der Waals surface area contributed by atoms with Crippen molar-refractivity contribution in [3.8, 4) is 6.08 Å². The topological polar surface area (TPSA) is 59.2 Å². The third kappa shape index (κ3) is 6.80. The summed E-state index contributed by atoms with van der Waals surface area (Å²) in [6, 6.07) is 0. The largest absolute Gasteiger partial charge is 0.464 e. The third-order valence-corrected chi connectivity index (χ3v) is 4.62. The van der Waals surface area contributed by atoms with Crippen LogP contribution in [0.5, 0.6) is 6.08 Å². The molecule has 0 spiro atoms. The number of nitrogens with zero attached hydrogens (tertiary/aromatic N) is 2. The second-order valence-electron chi connectivity index (χ2n) is 6.79. The fourth-order valence-corrected chi connectivity index (χ4v) is 3.05. The van der Waals surface area contributed by atoms with E-state index in [1.54, 1.807) is 0 Å². The zero-order valence-electron chi connectivity index (χ0n) is 14.7. The van der Waals surface area contributed by atoms with Crippen molar-refractivity contribution in [2.75, 3.05) is 0 Å². The molecule has 1 aromatic heterocycles. The molecule has 0 aliphatic carbocycles. The molecule has 0 aromatic carbocycles. The van der Waals surface area contributed by atoms with Crippen molar-refractivity contribution in [3.63, 3.8) is 0 Å². The Morgan fingerprint density at radius 2 is 1.36 bits per heavy atom. The summed E-state index contributed by atoms with van der Waals surface area (Å²) in [5.41, 5.74) is -0.0666. The van der Waals surface area contributed by atoms with Crippen molar-refractivity contribution in [3.05, 3.63) is 5.82 Å². The molecule has 0 bridgehead atoms. The second kappa shape index (κ2) is 10.6. The van der Waals surface area contributed by atoms with Gasteiger partial charge in [0.2, 0.25) is 0 Å². The van der Waals surface area contributed by atoms with Gasteiger partial charge in [0, 0.05) is 5.41 Å². The fourth-order valence-electron chi connectivity index (χ4n) is 3.05. The summed E-state index contributed by atoms with van der Waals surface area (Å²) in [5.74, 6) is 0.677. The van der Waals surface area contributed by atoms with Crippen LogP contribution >= 0.6 is 0 Å². The molecule has 0 saturated heterocycles. The molecule has 4 heteroatoms. The van der Waals surface area contributed by atoms with E-state index in [4.69, 9.17) is 4.52 Å². The van der Waals surface area contributed by atoms with Crippen molar-refractivity contribution in [1.29, 1.82) is 0 Å². The molecule has 0 unspecified atom stereocenters. The average Bonchev–Trinajstić information content (AvgIpc) is 2.94. The van der Waals surface area contributed by atoms with Crippen molar-refractivity contribution in [2.24, 2.45) is 0 Å². The van der Waals surface area contributed by atoms with Gasteiger partial charge in [0.25, 0.3) is 0 Å². The summed E-state index contributed by atoms with van der Waals surface area (Å²) >= 11 is 0. The highest BCUT2D eigenvalue weighted by Crippen LogP contribution is 2.34. The first-order valence-corrected chi connectivity index (χ1v) is 9.15. The van der Waals surface area contributed by atoms with Crippen LogP contribution in [0.4, 0.5) is 0 Å². The number of unbranched alkanes of at least 4 members (excludes halogenated alkanes) is 8. The summed E-state index contributed by atoms with van der Waals surface area (Å²) in [5, 5.41) is 13.3. The number of aromatic nitrogens is 2. The highest BCUT2D eigenvalue weighted by atomic mass is 16.6. The maximum absolute atomic E-state index is 9.36. The van der Waals surface area contributed by atoms with Crippen LogP contribution in [0.1, 0.15) is 104 Å². The molecule has 1 rings (SSSR count).